The molecule has 0 radical (unpaired) electrons. The van der Waals surface area contributed by atoms with Crippen LogP contribution in [0.3, 0.4) is 0 Å². The van der Waals surface area contributed by atoms with E-state index in [1.807, 2.05) is 0 Å². The van der Waals surface area contributed by atoms with Crippen molar-refractivity contribution in [3.05, 3.63) is 0 Å². The molecule has 2 atom stereocenters. The predicted molar refractivity (Wildman–Crippen MR) is 52.0 cm³/mol. The van der Waals surface area contributed by atoms with E-state index in [4.69, 9.17) is 5.11 Å². The van der Waals surface area contributed by atoms with Gasteiger partial charge in [0.05, 0.1) is 0 Å². The maximum Gasteiger partial charge on any atom is 0.463 e. The molecule has 0 aliphatic heterocycles. The molecule has 1 rings (SSSR count). The predicted octanol–water partition coefficient (Wildman–Crippen LogP) is 1.85. The molecule has 0 aromatic rings. The monoisotopic (exact) mass is 275 g/mol. The SMILES string of the molecule is O=C(NC1CCCCC1CO)C(F)(F)C(F)(F)F. The average Bonchev–Trinajstić information content (AvgIpc) is 2.28. The fourth-order valence-electron chi connectivity index (χ4n) is 2.00. The lowest BCUT2D eigenvalue weighted by molar-refractivity contribution is -0.270. The Balaban J connectivity index is 2.69. The highest BCUT2D eigenvalue weighted by Gasteiger charge is 2.63. The Kier molecular flexibility index (Phi) is 4.52. The zero-order valence-corrected chi connectivity index (χ0v) is 9.44. The van der Waals surface area contributed by atoms with Crippen LogP contribution in [0.1, 0.15) is 25.7 Å². The summed E-state index contributed by atoms with van der Waals surface area (Å²) in [5, 5.41) is 10.7. The van der Waals surface area contributed by atoms with Crippen LogP contribution in [-0.4, -0.2) is 35.8 Å². The van der Waals surface area contributed by atoms with E-state index in [0.29, 0.717) is 19.3 Å². The quantitative estimate of drug-likeness (QED) is 0.772. The minimum absolute atomic E-state index is 0.297. The van der Waals surface area contributed by atoms with Crippen LogP contribution in [0, 0.1) is 5.92 Å². The highest BCUT2D eigenvalue weighted by Crippen LogP contribution is 2.36. The van der Waals surface area contributed by atoms with Crippen molar-refractivity contribution in [2.75, 3.05) is 6.61 Å². The lowest BCUT2D eigenvalue weighted by Gasteiger charge is -2.32. The molecule has 8 heteroatoms. The molecular weight excluding hydrogens is 261 g/mol. The highest BCUT2D eigenvalue weighted by atomic mass is 19.4. The van der Waals surface area contributed by atoms with Crippen molar-refractivity contribution < 1.29 is 31.9 Å². The summed E-state index contributed by atoms with van der Waals surface area (Å²) in [5.74, 6) is -8.21. The number of amides is 1. The number of aliphatic hydroxyl groups excluding tert-OH is 1. The van der Waals surface area contributed by atoms with Crippen LogP contribution in [0.5, 0.6) is 0 Å². The largest absolute Gasteiger partial charge is 0.463 e. The molecule has 0 aromatic heterocycles. The summed E-state index contributed by atoms with van der Waals surface area (Å²) in [6, 6.07) is -0.829. The number of hydrogen-bond donors (Lipinski definition) is 2. The van der Waals surface area contributed by atoms with Gasteiger partial charge >= 0.3 is 18.0 Å². The van der Waals surface area contributed by atoms with Gasteiger partial charge in [0.15, 0.2) is 0 Å². The molecule has 1 fully saturated rings. The Hall–Kier alpha value is -0.920. The van der Waals surface area contributed by atoms with Gasteiger partial charge in [0.25, 0.3) is 0 Å². The van der Waals surface area contributed by atoms with Gasteiger partial charge in [0, 0.05) is 18.6 Å². The van der Waals surface area contributed by atoms with Crippen LogP contribution in [0.4, 0.5) is 22.0 Å². The van der Waals surface area contributed by atoms with Crippen LogP contribution < -0.4 is 5.32 Å². The van der Waals surface area contributed by atoms with Crippen molar-refractivity contribution in [1.82, 2.24) is 5.32 Å². The first-order valence-electron chi connectivity index (χ1n) is 5.56. The summed E-state index contributed by atoms with van der Waals surface area (Å²) < 4.78 is 61.3. The third-order valence-electron chi connectivity index (χ3n) is 3.10. The second kappa shape index (κ2) is 5.38. The Bertz CT molecular complexity index is 305. The number of aliphatic hydroxyl groups is 1. The van der Waals surface area contributed by atoms with Crippen molar-refractivity contribution in [2.24, 2.45) is 5.92 Å². The molecule has 3 nitrogen and oxygen atoms in total. The van der Waals surface area contributed by atoms with Crippen molar-refractivity contribution in [3.8, 4) is 0 Å². The number of alkyl halides is 5. The van der Waals surface area contributed by atoms with Crippen LogP contribution in [0.2, 0.25) is 0 Å². The zero-order valence-electron chi connectivity index (χ0n) is 9.44. The molecule has 106 valence electrons. The fraction of sp³-hybridized carbons (Fsp3) is 0.900. The van der Waals surface area contributed by atoms with E-state index in [0.717, 1.165) is 6.42 Å². The molecule has 1 aliphatic rings. The normalized spacial score (nSPS) is 25.9. The van der Waals surface area contributed by atoms with Gasteiger partial charge in [-0.05, 0) is 12.8 Å². The van der Waals surface area contributed by atoms with Crippen molar-refractivity contribution in [2.45, 2.75) is 43.8 Å². The molecular formula is C10H14F5NO2. The average molecular weight is 275 g/mol. The second-order valence-electron chi connectivity index (χ2n) is 4.38. The summed E-state index contributed by atoms with van der Waals surface area (Å²) in [4.78, 5) is 11.0. The van der Waals surface area contributed by atoms with Gasteiger partial charge in [0.2, 0.25) is 0 Å². The van der Waals surface area contributed by atoms with E-state index < -0.39 is 30.0 Å². The number of hydrogen-bond acceptors (Lipinski definition) is 2. The van der Waals surface area contributed by atoms with Gasteiger partial charge in [-0.15, -0.1) is 0 Å². The Morgan fingerprint density at radius 2 is 1.72 bits per heavy atom. The van der Waals surface area contributed by atoms with Crippen LogP contribution in [-0.2, 0) is 4.79 Å². The lowest BCUT2D eigenvalue weighted by Crippen LogP contribution is -2.55. The fourth-order valence-corrected chi connectivity index (χ4v) is 2.00. The molecule has 0 heterocycles. The lowest BCUT2D eigenvalue weighted by atomic mass is 9.85. The van der Waals surface area contributed by atoms with Gasteiger partial charge in [-0.2, -0.15) is 22.0 Å². The molecule has 2 N–H and O–H groups in total. The second-order valence-corrected chi connectivity index (χ2v) is 4.38. The molecule has 1 amide bonds. The Morgan fingerprint density at radius 1 is 1.17 bits per heavy atom. The maximum absolute atomic E-state index is 12.7. The van der Waals surface area contributed by atoms with Crippen molar-refractivity contribution >= 4 is 5.91 Å². The van der Waals surface area contributed by atoms with Gasteiger partial charge in [0.1, 0.15) is 0 Å². The summed E-state index contributed by atoms with van der Waals surface area (Å²) in [6.45, 7) is -0.345. The molecule has 18 heavy (non-hydrogen) atoms. The van der Waals surface area contributed by atoms with Crippen LogP contribution >= 0.6 is 0 Å². The topological polar surface area (TPSA) is 49.3 Å². The molecule has 2 unspecified atom stereocenters. The molecule has 0 bridgehead atoms. The number of nitrogens with one attached hydrogen (secondary N) is 1. The minimum atomic E-state index is -5.90. The minimum Gasteiger partial charge on any atom is -0.396 e. The third kappa shape index (κ3) is 3.09. The first-order valence-corrected chi connectivity index (χ1v) is 5.56. The zero-order chi connectivity index (χ0) is 14.0. The third-order valence-corrected chi connectivity index (χ3v) is 3.10. The molecule has 0 spiro atoms. The Labute approximate surface area is 100 Å². The number of halogens is 5. The highest BCUT2D eigenvalue weighted by molar-refractivity contribution is 5.84. The summed E-state index contributed by atoms with van der Waals surface area (Å²) in [6.07, 6.45) is -3.73. The molecule has 0 aromatic carbocycles. The standard InChI is InChI=1S/C10H14F5NO2/c11-9(12,10(13,14)15)8(18)16-7-4-2-1-3-6(7)5-17/h6-7,17H,1-5H2,(H,16,18). The summed E-state index contributed by atoms with van der Waals surface area (Å²) in [5.41, 5.74) is 0. The van der Waals surface area contributed by atoms with E-state index >= 15 is 0 Å². The van der Waals surface area contributed by atoms with Gasteiger partial charge < -0.3 is 10.4 Å². The first-order chi connectivity index (χ1) is 8.20. The Morgan fingerprint density at radius 3 is 2.22 bits per heavy atom. The van der Waals surface area contributed by atoms with E-state index in [1.54, 1.807) is 5.32 Å². The van der Waals surface area contributed by atoms with Crippen molar-refractivity contribution in [1.29, 1.82) is 0 Å². The smallest absolute Gasteiger partial charge is 0.396 e. The molecule has 0 saturated heterocycles. The number of carbonyl (C=O) groups excluding carboxylic acids is 1. The number of carbonyl (C=O) groups is 1. The molecule has 1 aliphatic carbocycles. The summed E-state index contributed by atoms with van der Waals surface area (Å²) >= 11 is 0. The summed E-state index contributed by atoms with van der Waals surface area (Å²) in [7, 11) is 0. The maximum atomic E-state index is 12.7. The van der Waals surface area contributed by atoms with Gasteiger partial charge in [-0.1, -0.05) is 12.8 Å². The van der Waals surface area contributed by atoms with E-state index in [-0.39, 0.29) is 6.61 Å². The van der Waals surface area contributed by atoms with E-state index in [9.17, 15) is 26.7 Å². The number of rotatable bonds is 3. The van der Waals surface area contributed by atoms with Gasteiger partial charge in [-0.3, -0.25) is 4.79 Å². The van der Waals surface area contributed by atoms with Crippen molar-refractivity contribution in [3.63, 3.8) is 0 Å². The first kappa shape index (κ1) is 15.1. The van der Waals surface area contributed by atoms with E-state index in [2.05, 4.69) is 0 Å². The molecule has 1 saturated carbocycles. The van der Waals surface area contributed by atoms with E-state index in [1.165, 1.54) is 0 Å². The van der Waals surface area contributed by atoms with Crippen LogP contribution in [0.25, 0.3) is 0 Å². The van der Waals surface area contributed by atoms with Crippen LogP contribution in [0.15, 0.2) is 0 Å². The van der Waals surface area contributed by atoms with Gasteiger partial charge in [-0.25, -0.2) is 0 Å².